The number of hydrogen-bond acceptors (Lipinski definition) is 6. The van der Waals surface area contributed by atoms with Crippen molar-refractivity contribution in [3.05, 3.63) is 35.9 Å². The number of rotatable bonds is 15. The Morgan fingerprint density at radius 1 is 0.946 bits per heavy atom. The predicted molar refractivity (Wildman–Crippen MR) is 151 cm³/mol. The van der Waals surface area contributed by atoms with Gasteiger partial charge in [-0.15, -0.1) is 11.8 Å². The van der Waals surface area contributed by atoms with E-state index in [1.54, 1.807) is 0 Å². The molecule has 0 aromatic heterocycles. The SMILES string of the molecule is CNC(=O)[C@H](Cc1ccccc1)NC(=O)[C@H](CC(C)C)NC(=O)C(CCCNS(C)(=O)=O)SC(C)(C)C. The van der Waals surface area contributed by atoms with Gasteiger partial charge in [-0.1, -0.05) is 65.0 Å². The van der Waals surface area contributed by atoms with Crippen LogP contribution in [0.5, 0.6) is 0 Å². The number of likely N-dealkylation sites (N-methyl/N-ethyl adjacent to an activating group) is 1. The minimum absolute atomic E-state index is 0.122. The van der Waals surface area contributed by atoms with Crippen molar-refractivity contribution in [2.24, 2.45) is 5.92 Å². The molecule has 1 unspecified atom stereocenters. The fourth-order valence-electron chi connectivity index (χ4n) is 3.69. The Kier molecular flexibility index (Phi) is 13.6. The standard InChI is InChI=1S/C26H44N4O5S2/c1-18(2)16-20(24(32)29-21(23(31)27-6)17-19-12-9-8-10-13-19)30-25(33)22(36-26(3,4)5)14-11-15-28-37(7,34)35/h8-10,12-13,18,20-22,28H,11,14-17H2,1-7H3,(H,27,31)(H,29,32)(H,30,33)/t20-,21-,22?/m0/s1. The Labute approximate surface area is 226 Å². The Bertz CT molecular complexity index is 978. The summed E-state index contributed by atoms with van der Waals surface area (Å²) in [4.78, 5) is 39.2. The minimum atomic E-state index is -3.31. The number of sulfonamides is 1. The van der Waals surface area contributed by atoms with Crippen molar-refractivity contribution in [1.29, 1.82) is 0 Å². The lowest BCUT2D eigenvalue weighted by Gasteiger charge is -2.28. The fourth-order valence-corrected chi connectivity index (χ4v) is 5.52. The van der Waals surface area contributed by atoms with Gasteiger partial charge in [0.2, 0.25) is 27.7 Å². The monoisotopic (exact) mass is 556 g/mol. The number of nitrogens with one attached hydrogen (secondary N) is 4. The first-order chi connectivity index (χ1) is 17.1. The lowest BCUT2D eigenvalue weighted by molar-refractivity contribution is -0.132. The van der Waals surface area contributed by atoms with Crippen LogP contribution in [0.1, 0.15) is 59.4 Å². The van der Waals surface area contributed by atoms with E-state index in [0.29, 0.717) is 25.7 Å². The van der Waals surface area contributed by atoms with Crippen molar-refractivity contribution in [2.75, 3.05) is 19.8 Å². The molecular weight excluding hydrogens is 512 g/mol. The topological polar surface area (TPSA) is 133 Å². The highest BCUT2D eigenvalue weighted by Crippen LogP contribution is 2.31. The lowest BCUT2D eigenvalue weighted by Crippen LogP contribution is -2.55. The maximum Gasteiger partial charge on any atom is 0.243 e. The average Bonchev–Trinajstić information content (AvgIpc) is 2.78. The molecule has 0 saturated carbocycles. The molecule has 3 amide bonds. The second kappa shape index (κ2) is 15.3. The molecule has 3 atom stereocenters. The molecule has 0 fully saturated rings. The minimum Gasteiger partial charge on any atom is -0.357 e. The first-order valence-corrected chi connectivity index (χ1v) is 15.4. The zero-order chi connectivity index (χ0) is 28.2. The zero-order valence-electron chi connectivity index (χ0n) is 23.1. The van der Waals surface area contributed by atoms with Crippen LogP contribution in [0.4, 0.5) is 0 Å². The number of hydrogen-bond donors (Lipinski definition) is 4. The van der Waals surface area contributed by atoms with Gasteiger partial charge in [0.1, 0.15) is 12.1 Å². The summed E-state index contributed by atoms with van der Waals surface area (Å²) in [5.74, 6) is -0.882. The molecule has 1 rings (SSSR count). The van der Waals surface area contributed by atoms with Gasteiger partial charge in [0.25, 0.3) is 0 Å². The Morgan fingerprint density at radius 2 is 1.54 bits per heavy atom. The smallest absolute Gasteiger partial charge is 0.243 e. The van der Waals surface area contributed by atoms with E-state index in [1.165, 1.54) is 18.8 Å². The molecule has 1 aromatic carbocycles. The molecule has 210 valence electrons. The molecule has 1 aromatic rings. The van der Waals surface area contributed by atoms with Gasteiger partial charge in [-0.2, -0.15) is 0 Å². The number of carbonyl (C=O) groups is 3. The molecule has 0 aliphatic carbocycles. The Morgan fingerprint density at radius 3 is 2.05 bits per heavy atom. The van der Waals surface area contributed by atoms with E-state index in [4.69, 9.17) is 0 Å². The van der Waals surface area contributed by atoms with Crippen LogP contribution >= 0.6 is 11.8 Å². The van der Waals surface area contributed by atoms with Crippen molar-refractivity contribution in [3.8, 4) is 0 Å². The lowest BCUT2D eigenvalue weighted by atomic mass is 10.0. The molecule has 0 radical (unpaired) electrons. The fraction of sp³-hybridized carbons (Fsp3) is 0.654. The summed E-state index contributed by atoms with van der Waals surface area (Å²) in [5.41, 5.74) is 0.908. The van der Waals surface area contributed by atoms with Crippen LogP contribution in [-0.4, -0.2) is 68.1 Å². The molecule has 0 saturated heterocycles. The Balaban J connectivity index is 3.00. The van der Waals surface area contributed by atoms with Crippen LogP contribution in [0.3, 0.4) is 0 Å². The van der Waals surface area contributed by atoms with Gasteiger partial charge >= 0.3 is 0 Å². The summed E-state index contributed by atoms with van der Waals surface area (Å²) in [6.45, 7) is 10.2. The van der Waals surface area contributed by atoms with Crippen LogP contribution < -0.4 is 20.7 Å². The summed E-state index contributed by atoms with van der Waals surface area (Å²) in [7, 11) is -1.79. The van der Waals surface area contributed by atoms with Gasteiger partial charge in [0.15, 0.2) is 0 Å². The van der Waals surface area contributed by atoms with Crippen LogP contribution in [0.2, 0.25) is 0 Å². The van der Waals surface area contributed by atoms with E-state index in [1.807, 2.05) is 65.0 Å². The quantitative estimate of drug-likeness (QED) is 0.245. The van der Waals surface area contributed by atoms with Crippen molar-refractivity contribution in [2.45, 2.75) is 82.4 Å². The third-order valence-corrected chi connectivity index (χ3v) is 7.47. The summed E-state index contributed by atoms with van der Waals surface area (Å²) >= 11 is 1.48. The van der Waals surface area contributed by atoms with Gasteiger partial charge in [-0.25, -0.2) is 13.1 Å². The molecule has 0 aliphatic heterocycles. The summed E-state index contributed by atoms with van der Waals surface area (Å²) < 4.78 is 25.0. The Hall–Kier alpha value is -2.11. The summed E-state index contributed by atoms with van der Waals surface area (Å²) in [5, 5.41) is 7.88. The van der Waals surface area contributed by atoms with Crippen LogP contribution in [0.25, 0.3) is 0 Å². The molecule has 37 heavy (non-hydrogen) atoms. The highest BCUT2D eigenvalue weighted by Gasteiger charge is 2.31. The molecule has 0 spiro atoms. The van der Waals surface area contributed by atoms with E-state index in [9.17, 15) is 22.8 Å². The predicted octanol–water partition coefficient (Wildman–Crippen LogP) is 2.22. The highest BCUT2D eigenvalue weighted by molar-refractivity contribution is 8.01. The van der Waals surface area contributed by atoms with Crippen molar-refractivity contribution < 1.29 is 22.8 Å². The van der Waals surface area contributed by atoms with E-state index < -0.39 is 33.3 Å². The van der Waals surface area contributed by atoms with Crippen LogP contribution in [0, 0.1) is 5.92 Å². The maximum absolute atomic E-state index is 13.3. The number of amides is 3. The zero-order valence-corrected chi connectivity index (χ0v) is 24.7. The molecular formula is C26H44N4O5S2. The van der Waals surface area contributed by atoms with Gasteiger partial charge in [0, 0.05) is 24.8 Å². The average molecular weight is 557 g/mol. The largest absolute Gasteiger partial charge is 0.357 e. The summed E-state index contributed by atoms with van der Waals surface area (Å²) in [6.07, 6.45) is 2.75. The maximum atomic E-state index is 13.3. The highest BCUT2D eigenvalue weighted by atomic mass is 32.2. The molecule has 0 heterocycles. The number of thioether (sulfide) groups is 1. The number of benzene rings is 1. The van der Waals surface area contributed by atoms with Crippen molar-refractivity contribution in [1.82, 2.24) is 20.7 Å². The van der Waals surface area contributed by atoms with Crippen molar-refractivity contribution in [3.63, 3.8) is 0 Å². The molecule has 0 bridgehead atoms. The van der Waals surface area contributed by atoms with Gasteiger partial charge < -0.3 is 16.0 Å². The molecule has 11 heteroatoms. The number of carbonyl (C=O) groups excluding carboxylic acids is 3. The third kappa shape index (κ3) is 14.4. The second-order valence-corrected chi connectivity index (χ2v) is 14.4. The molecule has 4 N–H and O–H groups in total. The first kappa shape index (κ1) is 32.9. The summed E-state index contributed by atoms with van der Waals surface area (Å²) in [6, 6.07) is 7.82. The van der Waals surface area contributed by atoms with E-state index in [-0.39, 0.29) is 29.0 Å². The second-order valence-electron chi connectivity index (χ2n) is 10.6. The van der Waals surface area contributed by atoms with Crippen LogP contribution in [0.15, 0.2) is 30.3 Å². The normalized spacial score (nSPS) is 14.5. The van der Waals surface area contributed by atoms with Gasteiger partial charge in [-0.05, 0) is 30.7 Å². The molecule has 9 nitrogen and oxygen atoms in total. The van der Waals surface area contributed by atoms with Crippen molar-refractivity contribution >= 4 is 39.5 Å². The van der Waals surface area contributed by atoms with Crippen LogP contribution in [-0.2, 0) is 30.8 Å². The third-order valence-electron chi connectivity index (χ3n) is 5.30. The van der Waals surface area contributed by atoms with Gasteiger partial charge in [0.05, 0.1) is 11.5 Å². The van der Waals surface area contributed by atoms with E-state index >= 15 is 0 Å². The van der Waals surface area contributed by atoms with E-state index in [2.05, 4.69) is 20.7 Å². The molecule has 0 aliphatic rings. The van der Waals surface area contributed by atoms with E-state index in [0.717, 1.165) is 11.8 Å². The first-order valence-electron chi connectivity index (χ1n) is 12.6. The van der Waals surface area contributed by atoms with Gasteiger partial charge in [-0.3, -0.25) is 14.4 Å².